The van der Waals surface area contributed by atoms with Crippen LogP contribution in [0.2, 0.25) is 0 Å². The van der Waals surface area contributed by atoms with Crippen molar-refractivity contribution in [3.63, 3.8) is 0 Å². The molecule has 5 nitrogen and oxygen atoms in total. The highest BCUT2D eigenvalue weighted by atomic mass is 32.2. The number of nitrogens with one attached hydrogen (secondary N) is 1. The first-order chi connectivity index (χ1) is 9.62. The normalized spacial score (nSPS) is 18.9. The summed E-state index contributed by atoms with van der Waals surface area (Å²) in [4.78, 5) is 0. The van der Waals surface area contributed by atoms with Crippen LogP contribution >= 0.6 is 0 Å². The summed E-state index contributed by atoms with van der Waals surface area (Å²) in [5.41, 5.74) is 1.01. The van der Waals surface area contributed by atoms with Gasteiger partial charge in [-0.2, -0.15) is 17.4 Å². The highest BCUT2D eigenvalue weighted by molar-refractivity contribution is 7.87. The lowest BCUT2D eigenvalue weighted by Gasteiger charge is -2.28. The average molecular weight is 298 g/mol. The van der Waals surface area contributed by atoms with Crippen LogP contribution in [0.1, 0.15) is 24.8 Å². The summed E-state index contributed by atoms with van der Waals surface area (Å²) in [6.45, 7) is 0.930. The maximum Gasteiger partial charge on any atom is 0.279 e. The number of piperidine rings is 1. The fourth-order valence-corrected chi connectivity index (χ4v) is 3.90. The smallest absolute Gasteiger partial charge is 0.279 e. The fraction of sp³-hybridized carbons (Fsp3) is 0.571. The van der Waals surface area contributed by atoms with Gasteiger partial charge in [0.1, 0.15) is 0 Å². The summed E-state index contributed by atoms with van der Waals surface area (Å²) >= 11 is 0. The second kappa shape index (κ2) is 7.17. The Morgan fingerprint density at radius 2 is 1.80 bits per heavy atom. The van der Waals surface area contributed by atoms with E-state index in [-0.39, 0.29) is 6.61 Å². The Labute approximate surface area is 120 Å². The monoisotopic (exact) mass is 298 g/mol. The number of hydrogen-bond donors (Lipinski definition) is 2. The van der Waals surface area contributed by atoms with Crippen molar-refractivity contribution < 1.29 is 13.5 Å². The molecule has 112 valence electrons. The lowest BCUT2D eigenvalue weighted by molar-refractivity contribution is 0.251. The predicted molar refractivity (Wildman–Crippen MR) is 78.5 cm³/mol. The first-order valence-electron chi connectivity index (χ1n) is 7.04. The van der Waals surface area contributed by atoms with Gasteiger partial charge in [0.05, 0.1) is 12.6 Å². The van der Waals surface area contributed by atoms with Crippen LogP contribution in [0.5, 0.6) is 0 Å². The molecular formula is C14H22N2O3S. The Bertz CT molecular complexity index is 498. The van der Waals surface area contributed by atoms with Crippen LogP contribution in [-0.2, 0) is 16.6 Å². The molecule has 20 heavy (non-hydrogen) atoms. The molecule has 2 rings (SSSR count). The molecule has 0 spiro atoms. The summed E-state index contributed by atoms with van der Waals surface area (Å²) in [6, 6.07) is 9.10. The van der Waals surface area contributed by atoms with Crippen LogP contribution in [0.25, 0.3) is 0 Å². The van der Waals surface area contributed by atoms with Gasteiger partial charge in [0.15, 0.2) is 0 Å². The lowest BCUT2D eigenvalue weighted by Crippen LogP contribution is -2.49. The molecule has 1 aliphatic heterocycles. The molecule has 1 aliphatic rings. The standard InChI is InChI=1S/C14H22N2O3S/c17-12-14(11-13-7-3-1-4-8-13)15-20(18,19)16-9-5-2-6-10-16/h1,3-4,7-8,14-15,17H,2,5-6,9-12H2/t14-/m0/s1. The van der Waals surface area contributed by atoms with E-state index in [1.807, 2.05) is 30.3 Å². The summed E-state index contributed by atoms with van der Waals surface area (Å²) in [7, 11) is -3.49. The summed E-state index contributed by atoms with van der Waals surface area (Å²) in [5, 5.41) is 9.40. The molecule has 0 unspecified atom stereocenters. The zero-order valence-electron chi connectivity index (χ0n) is 11.5. The van der Waals surface area contributed by atoms with Gasteiger partial charge in [0, 0.05) is 13.1 Å². The summed E-state index contributed by atoms with van der Waals surface area (Å²) in [5.74, 6) is 0. The second-order valence-electron chi connectivity index (χ2n) is 5.15. The van der Waals surface area contributed by atoms with Crippen molar-refractivity contribution in [3.8, 4) is 0 Å². The Morgan fingerprint density at radius 3 is 2.40 bits per heavy atom. The molecule has 0 aromatic heterocycles. The molecule has 1 aromatic carbocycles. The molecule has 1 saturated heterocycles. The van der Waals surface area contributed by atoms with Crippen LogP contribution in [0.4, 0.5) is 0 Å². The Morgan fingerprint density at radius 1 is 1.15 bits per heavy atom. The first-order valence-corrected chi connectivity index (χ1v) is 8.48. The van der Waals surface area contributed by atoms with Gasteiger partial charge < -0.3 is 5.11 Å². The highest BCUT2D eigenvalue weighted by Crippen LogP contribution is 2.13. The van der Waals surface area contributed by atoms with E-state index in [9.17, 15) is 13.5 Å². The highest BCUT2D eigenvalue weighted by Gasteiger charge is 2.26. The van der Waals surface area contributed by atoms with Gasteiger partial charge >= 0.3 is 0 Å². The Kier molecular flexibility index (Phi) is 5.54. The van der Waals surface area contributed by atoms with Gasteiger partial charge in [0.2, 0.25) is 0 Å². The predicted octanol–water partition coefficient (Wildman–Crippen LogP) is 0.910. The van der Waals surface area contributed by atoms with E-state index in [0.29, 0.717) is 19.5 Å². The van der Waals surface area contributed by atoms with E-state index >= 15 is 0 Å². The van der Waals surface area contributed by atoms with Crippen molar-refractivity contribution in [2.24, 2.45) is 0 Å². The van der Waals surface area contributed by atoms with Crippen molar-refractivity contribution >= 4 is 10.2 Å². The summed E-state index contributed by atoms with van der Waals surface area (Å²) in [6.07, 6.45) is 3.39. The maximum atomic E-state index is 12.2. The fourth-order valence-electron chi connectivity index (χ4n) is 2.43. The molecule has 1 aromatic rings. The minimum atomic E-state index is -3.49. The molecule has 0 bridgehead atoms. The van der Waals surface area contributed by atoms with E-state index in [1.165, 1.54) is 4.31 Å². The van der Waals surface area contributed by atoms with Gasteiger partial charge in [-0.15, -0.1) is 0 Å². The van der Waals surface area contributed by atoms with Crippen LogP contribution in [0, 0.1) is 0 Å². The number of hydrogen-bond acceptors (Lipinski definition) is 3. The van der Waals surface area contributed by atoms with E-state index in [2.05, 4.69) is 4.72 Å². The van der Waals surface area contributed by atoms with Crippen LogP contribution < -0.4 is 4.72 Å². The molecule has 6 heteroatoms. The zero-order valence-corrected chi connectivity index (χ0v) is 12.3. The maximum absolute atomic E-state index is 12.2. The van der Waals surface area contributed by atoms with Gasteiger partial charge in [0.25, 0.3) is 10.2 Å². The van der Waals surface area contributed by atoms with Crippen molar-refractivity contribution in [1.82, 2.24) is 9.03 Å². The number of nitrogens with zero attached hydrogens (tertiary/aromatic N) is 1. The largest absolute Gasteiger partial charge is 0.395 e. The number of rotatable bonds is 6. The Balaban J connectivity index is 1.98. The average Bonchev–Trinajstić information content (AvgIpc) is 2.48. The molecule has 1 heterocycles. The lowest BCUT2D eigenvalue weighted by atomic mass is 10.1. The second-order valence-corrected chi connectivity index (χ2v) is 6.85. The minimum Gasteiger partial charge on any atom is -0.395 e. The summed E-state index contributed by atoms with van der Waals surface area (Å²) < 4.78 is 28.6. The van der Waals surface area contributed by atoms with E-state index in [0.717, 1.165) is 24.8 Å². The van der Waals surface area contributed by atoms with Crippen LogP contribution in [-0.4, -0.2) is 43.6 Å². The third-order valence-electron chi connectivity index (χ3n) is 3.52. The zero-order chi connectivity index (χ0) is 14.4. The molecule has 1 atom stereocenters. The van der Waals surface area contributed by atoms with Crippen LogP contribution in [0.15, 0.2) is 30.3 Å². The van der Waals surface area contributed by atoms with E-state index < -0.39 is 16.3 Å². The third-order valence-corrected chi connectivity index (χ3v) is 5.19. The van der Waals surface area contributed by atoms with Crippen molar-refractivity contribution in [2.45, 2.75) is 31.7 Å². The number of benzene rings is 1. The SMILES string of the molecule is O=S(=O)(N[C@H](CO)Cc1ccccc1)N1CCCCC1. The third kappa shape index (κ3) is 4.28. The van der Waals surface area contributed by atoms with Gasteiger partial charge in [-0.1, -0.05) is 36.8 Å². The van der Waals surface area contributed by atoms with Crippen molar-refractivity contribution in [2.75, 3.05) is 19.7 Å². The molecule has 0 aliphatic carbocycles. The van der Waals surface area contributed by atoms with Gasteiger partial charge in [-0.3, -0.25) is 0 Å². The first kappa shape index (κ1) is 15.4. The molecular weight excluding hydrogens is 276 g/mol. The quantitative estimate of drug-likeness (QED) is 0.820. The number of aliphatic hydroxyl groups excluding tert-OH is 1. The van der Waals surface area contributed by atoms with Gasteiger partial charge in [-0.05, 0) is 24.8 Å². The van der Waals surface area contributed by atoms with Crippen molar-refractivity contribution in [3.05, 3.63) is 35.9 Å². The van der Waals surface area contributed by atoms with E-state index in [4.69, 9.17) is 0 Å². The van der Waals surface area contributed by atoms with Gasteiger partial charge in [-0.25, -0.2) is 0 Å². The molecule has 0 saturated carbocycles. The molecule has 0 amide bonds. The molecule has 2 N–H and O–H groups in total. The topological polar surface area (TPSA) is 69.6 Å². The molecule has 0 radical (unpaired) electrons. The minimum absolute atomic E-state index is 0.206. The molecule has 1 fully saturated rings. The van der Waals surface area contributed by atoms with Crippen LogP contribution in [0.3, 0.4) is 0 Å². The number of aliphatic hydroxyl groups is 1. The van der Waals surface area contributed by atoms with E-state index in [1.54, 1.807) is 0 Å². The Hall–Kier alpha value is -0.950. The van der Waals surface area contributed by atoms with Crippen molar-refractivity contribution in [1.29, 1.82) is 0 Å².